The summed E-state index contributed by atoms with van der Waals surface area (Å²) in [5, 5.41) is 2.60. The number of hydrogen-bond acceptors (Lipinski definition) is 6. The van der Waals surface area contributed by atoms with E-state index in [1.54, 1.807) is 19.1 Å². The predicted octanol–water partition coefficient (Wildman–Crippen LogP) is 2.93. The molecule has 0 aliphatic rings. The highest BCUT2D eigenvalue weighted by Gasteiger charge is 2.24. The van der Waals surface area contributed by atoms with Gasteiger partial charge in [-0.05, 0) is 50.2 Å². The molecule has 0 saturated heterocycles. The molecule has 3 rings (SSSR count). The molecule has 0 aliphatic carbocycles. The van der Waals surface area contributed by atoms with Crippen LogP contribution < -0.4 is 11.1 Å². The quantitative estimate of drug-likeness (QED) is 0.621. The number of amides is 2. The van der Waals surface area contributed by atoms with Crippen LogP contribution in [0.1, 0.15) is 33.5 Å². The van der Waals surface area contributed by atoms with Gasteiger partial charge in [0, 0.05) is 16.8 Å². The Bertz CT molecular complexity index is 1040. The van der Waals surface area contributed by atoms with Crippen molar-refractivity contribution < 1.29 is 23.5 Å². The highest BCUT2D eigenvalue weighted by molar-refractivity contribution is 5.98. The van der Waals surface area contributed by atoms with Crippen LogP contribution in [0.3, 0.4) is 0 Å². The van der Waals surface area contributed by atoms with Gasteiger partial charge in [0.2, 0.25) is 11.8 Å². The summed E-state index contributed by atoms with van der Waals surface area (Å²) in [5.41, 5.74) is 6.66. The molecule has 1 heterocycles. The summed E-state index contributed by atoms with van der Waals surface area (Å²) in [6.45, 7) is 3.04. The lowest BCUT2D eigenvalue weighted by Gasteiger charge is -2.13. The van der Waals surface area contributed by atoms with Crippen LogP contribution in [0.4, 0.5) is 5.69 Å². The van der Waals surface area contributed by atoms with Crippen molar-refractivity contribution in [2.45, 2.75) is 20.0 Å². The zero-order valence-corrected chi connectivity index (χ0v) is 15.8. The van der Waals surface area contributed by atoms with Crippen molar-refractivity contribution in [1.82, 2.24) is 4.98 Å². The van der Waals surface area contributed by atoms with Gasteiger partial charge < -0.3 is 20.2 Å². The van der Waals surface area contributed by atoms with Gasteiger partial charge in [0.25, 0.3) is 5.91 Å². The van der Waals surface area contributed by atoms with E-state index in [1.165, 1.54) is 31.2 Å². The van der Waals surface area contributed by atoms with Crippen LogP contribution in [0.5, 0.6) is 0 Å². The van der Waals surface area contributed by atoms with Crippen molar-refractivity contribution in [2.75, 3.05) is 5.32 Å². The number of anilines is 1. The zero-order valence-electron chi connectivity index (χ0n) is 15.8. The molecule has 0 aliphatic heterocycles. The second kappa shape index (κ2) is 8.39. The van der Waals surface area contributed by atoms with Crippen LogP contribution in [0.15, 0.2) is 59.0 Å². The number of hydrogen-bond donors (Lipinski definition) is 2. The Labute approximate surface area is 166 Å². The van der Waals surface area contributed by atoms with Crippen molar-refractivity contribution in [2.24, 2.45) is 5.73 Å². The lowest BCUT2D eigenvalue weighted by atomic mass is 10.2. The highest BCUT2D eigenvalue weighted by Crippen LogP contribution is 2.22. The van der Waals surface area contributed by atoms with E-state index in [9.17, 15) is 14.4 Å². The van der Waals surface area contributed by atoms with E-state index in [1.807, 2.05) is 18.2 Å². The van der Waals surface area contributed by atoms with Crippen molar-refractivity contribution in [3.05, 3.63) is 71.6 Å². The number of carbonyl (C=O) groups is 3. The van der Waals surface area contributed by atoms with Gasteiger partial charge in [-0.15, -0.1) is 0 Å². The first-order chi connectivity index (χ1) is 13.8. The summed E-state index contributed by atoms with van der Waals surface area (Å²) in [4.78, 5) is 40.0. The number of aromatic nitrogens is 1. The molecule has 0 radical (unpaired) electrons. The minimum Gasteiger partial charge on any atom is -0.448 e. The van der Waals surface area contributed by atoms with E-state index in [2.05, 4.69) is 10.3 Å². The molecular formula is C21H19N3O5. The monoisotopic (exact) mass is 393 g/mol. The molecule has 1 aromatic heterocycles. The Kier molecular flexibility index (Phi) is 5.73. The largest absolute Gasteiger partial charge is 0.448 e. The average Bonchev–Trinajstić information content (AvgIpc) is 3.11. The second-order valence-electron chi connectivity index (χ2n) is 6.27. The van der Waals surface area contributed by atoms with Crippen LogP contribution in [-0.2, 0) is 9.53 Å². The third kappa shape index (κ3) is 4.67. The summed E-state index contributed by atoms with van der Waals surface area (Å²) in [6, 6.07) is 15.2. The predicted molar refractivity (Wildman–Crippen MR) is 105 cm³/mol. The van der Waals surface area contributed by atoms with Crippen molar-refractivity contribution >= 4 is 23.5 Å². The van der Waals surface area contributed by atoms with Gasteiger partial charge in [-0.2, -0.15) is 0 Å². The molecule has 1 atom stereocenters. The fourth-order valence-electron chi connectivity index (χ4n) is 2.52. The molecule has 0 fully saturated rings. The molecule has 148 valence electrons. The third-order valence-corrected chi connectivity index (χ3v) is 4.10. The number of ether oxygens (including phenoxy) is 1. The molecule has 2 aromatic carbocycles. The first kappa shape index (κ1) is 19.8. The van der Waals surface area contributed by atoms with Crippen LogP contribution in [0.25, 0.3) is 11.5 Å². The van der Waals surface area contributed by atoms with E-state index in [0.717, 1.165) is 5.56 Å². The molecule has 8 nitrogen and oxygen atoms in total. The summed E-state index contributed by atoms with van der Waals surface area (Å²) < 4.78 is 10.8. The molecule has 8 heteroatoms. The summed E-state index contributed by atoms with van der Waals surface area (Å²) >= 11 is 0. The van der Waals surface area contributed by atoms with Crippen molar-refractivity contribution in [3.8, 4) is 11.5 Å². The van der Waals surface area contributed by atoms with E-state index in [4.69, 9.17) is 14.9 Å². The number of esters is 1. The number of oxazole rings is 1. The third-order valence-electron chi connectivity index (χ3n) is 4.10. The maximum Gasteiger partial charge on any atom is 0.361 e. The van der Waals surface area contributed by atoms with Gasteiger partial charge in [-0.1, -0.05) is 18.2 Å². The molecule has 0 unspecified atom stereocenters. The minimum atomic E-state index is -1.07. The van der Waals surface area contributed by atoms with Crippen molar-refractivity contribution in [3.63, 3.8) is 0 Å². The number of nitrogens with zero attached hydrogens (tertiary/aromatic N) is 1. The minimum absolute atomic E-state index is 0.00862. The lowest BCUT2D eigenvalue weighted by molar-refractivity contribution is -0.123. The molecule has 0 saturated carbocycles. The summed E-state index contributed by atoms with van der Waals surface area (Å²) in [6.07, 6.45) is -1.07. The average molecular weight is 393 g/mol. The fraction of sp³-hybridized carbons (Fsp3) is 0.143. The number of nitrogens with two attached hydrogens (primary N) is 1. The topological polar surface area (TPSA) is 125 Å². The molecule has 0 bridgehead atoms. The van der Waals surface area contributed by atoms with Gasteiger partial charge >= 0.3 is 5.97 Å². The smallest absolute Gasteiger partial charge is 0.361 e. The molecule has 29 heavy (non-hydrogen) atoms. The number of aryl methyl sites for hydroxylation is 1. The maximum atomic E-state index is 12.4. The lowest BCUT2D eigenvalue weighted by Crippen LogP contribution is -2.30. The van der Waals surface area contributed by atoms with E-state index >= 15 is 0 Å². The van der Waals surface area contributed by atoms with Crippen LogP contribution in [-0.4, -0.2) is 28.9 Å². The van der Waals surface area contributed by atoms with Crippen LogP contribution in [0, 0.1) is 6.92 Å². The molecule has 2 amide bonds. The highest BCUT2D eigenvalue weighted by atomic mass is 16.5. The number of carbonyl (C=O) groups excluding carboxylic acids is 3. The summed E-state index contributed by atoms with van der Waals surface area (Å²) in [7, 11) is 0. The van der Waals surface area contributed by atoms with Gasteiger partial charge in [0.1, 0.15) is 5.76 Å². The van der Waals surface area contributed by atoms with Gasteiger partial charge in [0.05, 0.1) is 0 Å². The Hall–Kier alpha value is -3.94. The van der Waals surface area contributed by atoms with Gasteiger partial charge in [-0.3, -0.25) is 9.59 Å². The normalized spacial score (nSPS) is 11.5. The molecule has 3 N–H and O–H groups in total. The van der Waals surface area contributed by atoms with E-state index < -0.39 is 23.9 Å². The van der Waals surface area contributed by atoms with E-state index in [-0.39, 0.29) is 5.69 Å². The Morgan fingerprint density at radius 2 is 1.72 bits per heavy atom. The van der Waals surface area contributed by atoms with Crippen LogP contribution >= 0.6 is 0 Å². The number of rotatable bonds is 6. The maximum absolute atomic E-state index is 12.4. The molecule has 0 spiro atoms. The standard InChI is InChI=1S/C21H19N3O5/c1-12-17(24-20(28-12)15-6-4-3-5-7-15)21(27)29-13(2)19(26)23-16-10-8-14(9-11-16)18(22)25/h3-11,13H,1-2H3,(H2,22,25)(H,23,26)/t13-/m0/s1. The van der Waals surface area contributed by atoms with Crippen LogP contribution in [0.2, 0.25) is 0 Å². The van der Waals surface area contributed by atoms with E-state index in [0.29, 0.717) is 22.9 Å². The summed E-state index contributed by atoms with van der Waals surface area (Å²) in [5.74, 6) is -1.28. The number of primary amides is 1. The first-order valence-electron chi connectivity index (χ1n) is 8.79. The SMILES string of the molecule is Cc1oc(-c2ccccc2)nc1C(=O)O[C@@H](C)C(=O)Nc1ccc(C(N)=O)cc1. The Morgan fingerprint density at radius 1 is 1.07 bits per heavy atom. The number of nitrogens with one attached hydrogen (secondary N) is 1. The van der Waals surface area contributed by atoms with Gasteiger partial charge in [-0.25, -0.2) is 9.78 Å². The van der Waals surface area contributed by atoms with Gasteiger partial charge in [0.15, 0.2) is 11.8 Å². The fourth-order valence-corrected chi connectivity index (χ4v) is 2.52. The second-order valence-corrected chi connectivity index (χ2v) is 6.27. The molecule has 3 aromatic rings. The Morgan fingerprint density at radius 3 is 2.34 bits per heavy atom. The first-order valence-corrected chi connectivity index (χ1v) is 8.79. The molecular weight excluding hydrogens is 374 g/mol. The number of benzene rings is 2. The van der Waals surface area contributed by atoms with Crippen molar-refractivity contribution in [1.29, 1.82) is 0 Å². The zero-order chi connectivity index (χ0) is 21.0. The Balaban J connectivity index is 1.65.